The second-order valence-electron chi connectivity index (χ2n) is 5.65. The first-order valence-electron chi connectivity index (χ1n) is 5.61. The topological polar surface area (TPSA) is 60.9 Å². The largest absolute Gasteiger partial charge is 0.369 e. The molecule has 1 rings (SSSR count). The Morgan fingerprint density at radius 3 is 2.62 bits per heavy atom. The zero-order valence-corrected chi connectivity index (χ0v) is 10.5. The Morgan fingerprint density at radius 2 is 2.12 bits per heavy atom. The van der Waals surface area contributed by atoms with Gasteiger partial charge in [0.2, 0.25) is 5.95 Å². The molecule has 0 aliphatic heterocycles. The van der Waals surface area contributed by atoms with Crippen LogP contribution in [0.15, 0.2) is 17.1 Å². The van der Waals surface area contributed by atoms with E-state index < -0.39 is 0 Å². The van der Waals surface area contributed by atoms with Crippen molar-refractivity contribution in [2.45, 2.75) is 40.7 Å². The normalized spacial score (nSPS) is 13.8. The van der Waals surface area contributed by atoms with Crippen LogP contribution in [0.5, 0.6) is 0 Å². The van der Waals surface area contributed by atoms with E-state index in [1.807, 2.05) is 4.57 Å². The fourth-order valence-electron chi connectivity index (χ4n) is 2.04. The molecule has 1 aromatic heterocycles. The van der Waals surface area contributed by atoms with Gasteiger partial charge in [0.1, 0.15) is 0 Å². The molecule has 16 heavy (non-hydrogen) atoms. The lowest BCUT2D eigenvalue weighted by Gasteiger charge is -2.24. The smallest absolute Gasteiger partial charge is 0.274 e. The summed E-state index contributed by atoms with van der Waals surface area (Å²) in [5.41, 5.74) is 5.71. The zero-order chi connectivity index (χ0) is 12.3. The average Bonchev–Trinajstić information content (AvgIpc) is 2.06. The van der Waals surface area contributed by atoms with Crippen molar-refractivity contribution < 1.29 is 0 Å². The van der Waals surface area contributed by atoms with Gasteiger partial charge in [-0.1, -0.05) is 27.7 Å². The maximum absolute atomic E-state index is 11.0. The summed E-state index contributed by atoms with van der Waals surface area (Å²) >= 11 is 0. The first-order chi connectivity index (χ1) is 7.28. The summed E-state index contributed by atoms with van der Waals surface area (Å²) in [7, 11) is 0. The van der Waals surface area contributed by atoms with Crippen LogP contribution in [0.1, 0.15) is 34.1 Å². The van der Waals surface area contributed by atoms with Gasteiger partial charge in [0.25, 0.3) is 5.56 Å². The predicted molar refractivity (Wildman–Crippen MR) is 66.1 cm³/mol. The highest BCUT2D eigenvalue weighted by molar-refractivity contribution is 5.15. The Kier molecular flexibility index (Phi) is 3.73. The molecule has 1 heterocycles. The second kappa shape index (κ2) is 4.68. The van der Waals surface area contributed by atoms with Gasteiger partial charge in [0, 0.05) is 18.8 Å². The Hall–Kier alpha value is -1.32. The number of hydrogen-bond acceptors (Lipinski definition) is 3. The SMILES string of the molecule is C[C@H](Cn1ccc(=O)nc1N)CC(C)(C)C. The van der Waals surface area contributed by atoms with Crippen LogP contribution in [-0.2, 0) is 6.54 Å². The fraction of sp³-hybridized carbons (Fsp3) is 0.667. The Bertz CT molecular complexity index is 403. The number of anilines is 1. The van der Waals surface area contributed by atoms with Gasteiger partial charge in [-0.25, -0.2) is 0 Å². The highest BCUT2D eigenvalue weighted by atomic mass is 16.1. The fourth-order valence-corrected chi connectivity index (χ4v) is 2.04. The summed E-state index contributed by atoms with van der Waals surface area (Å²) in [6.07, 6.45) is 2.82. The summed E-state index contributed by atoms with van der Waals surface area (Å²) in [6, 6.07) is 1.44. The molecule has 0 unspecified atom stereocenters. The third kappa shape index (κ3) is 4.04. The molecule has 90 valence electrons. The highest BCUT2D eigenvalue weighted by Gasteiger charge is 2.15. The van der Waals surface area contributed by atoms with Gasteiger partial charge in [-0.05, 0) is 17.8 Å². The van der Waals surface area contributed by atoms with E-state index in [9.17, 15) is 4.79 Å². The van der Waals surface area contributed by atoms with E-state index in [0.717, 1.165) is 13.0 Å². The van der Waals surface area contributed by atoms with Crippen LogP contribution < -0.4 is 11.3 Å². The molecule has 4 nitrogen and oxygen atoms in total. The second-order valence-corrected chi connectivity index (χ2v) is 5.65. The van der Waals surface area contributed by atoms with Gasteiger partial charge in [-0.2, -0.15) is 4.98 Å². The Morgan fingerprint density at radius 1 is 1.50 bits per heavy atom. The average molecular weight is 223 g/mol. The van der Waals surface area contributed by atoms with Gasteiger partial charge in [0.15, 0.2) is 0 Å². The molecule has 1 aromatic rings. The molecule has 4 heteroatoms. The summed E-state index contributed by atoms with van der Waals surface area (Å²) < 4.78 is 1.83. The van der Waals surface area contributed by atoms with Gasteiger partial charge in [0.05, 0.1) is 0 Å². The molecule has 0 fully saturated rings. The van der Waals surface area contributed by atoms with Crippen LogP contribution in [0.2, 0.25) is 0 Å². The molecule has 0 bridgehead atoms. The van der Waals surface area contributed by atoms with Crippen molar-refractivity contribution in [2.24, 2.45) is 11.3 Å². The van der Waals surface area contributed by atoms with Crippen molar-refractivity contribution >= 4 is 5.95 Å². The standard InChI is InChI=1S/C12H21N3O/c1-9(7-12(2,3)4)8-15-6-5-10(16)14-11(15)13/h5-6,9H,7-8H2,1-4H3,(H2,13,14,16)/t9-/m0/s1. The molecular weight excluding hydrogens is 202 g/mol. The van der Waals surface area contributed by atoms with Crippen molar-refractivity contribution in [1.29, 1.82) is 0 Å². The molecular formula is C12H21N3O. The minimum Gasteiger partial charge on any atom is -0.369 e. The lowest BCUT2D eigenvalue weighted by molar-refractivity contribution is 0.286. The summed E-state index contributed by atoms with van der Waals surface area (Å²) in [5, 5.41) is 0. The van der Waals surface area contributed by atoms with Gasteiger partial charge >= 0.3 is 0 Å². The van der Waals surface area contributed by atoms with Crippen LogP contribution in [0.25, 0.3) is 0 Å². The number of nitrogens with two attached hydrogens (primary N) is 1. The van der Waals surface area contributed by atoms with Gasteiger partial charge in [-0.3, -0.25) is 4.79 Å². The number of nitrogen functional groups attached to an aromatic ring is 1. The third-order valence-corrected chi connectivity index (χ3v) is 2.39. The summed E-state index contributed by atoms with van der Waals surface area (Å²) in [5.74, 6) is 0.805. The molecule has 0 saturated carbocycles. The van der Waals surface area contributed by atoms with Crippen LogP contribution >= 0.6 is 0 Å². The van der Waals surface area contributed by atoms with E-state index in [1.54, 1.807) is 6.20 Å². The minimum absolute atomic E-state index is 0.280. The van der Waals surface area contributed by atoms with Crippen molar-refractivity contribution in [3.63, 3.8) is 0 Å². The van der Waals surface area contributed by atoms with Crippen LogP contribution in [0, 0.1) is 11.3 Å². The van der Waals surface area contributed by atoms with E-state index in [-0.39, 0.29) is 5.56 Å². The van der Waals surface area contributed by atoms with Crippen molar-refractivity contribution in [2.75, 3.05) is 5.73 Å². The summed E-state index contributed by atoms with van der Waals surface area (Å²) in [4.78, 5) is 14.7. The Balaban J connectivity index is 2.70. The minimum atomic E-state index is -0.280. The van der Waals surface area contributed by atoms with E-state index in [2.05, 4.69) is 32.7 Å². The van der Waals surface area contributed by atoms with E-state index in [4.69, 9.17) is 5.73 Å². The molecule has 0 saturated heterocycles. The first-order valence-corrected chi connectivity index (χ1v) is 5.61. The van der Waals surface area contributed by atoms with Gasteiger partial charge < -0.3 is 10.3 Å². The van der Waals surface area contributed by atoms with Crippen molar-refractivity contribution in [3.8, 4) is 0 Å². The quantitative estimate of drug-likeness (QED) is 0.851. The van der Waals surface area contributed by atoms with Gasteiger partial charge in [-0.15, -0.1) is 0 Å². The number of aromatic nitrogens is 2. The predicted octanol–water partition coefficient (Wildman–Crippen LogP) is 1.90. The van der Waals surface area contributed by atoms with E-state index >= 15 is 0 Å². The molecule has 0 amide bonds. The van der Waals surface area contributed by atoms with Crippen LogP contribution in [0.4, 0.5) is 5.95 Å². The lowest BCUT2D eigenvalue weighted by atomic mass is 9.85. The van der Waals surface area contributed by atoms with Crippen LogP contribution in [0.3, 0.4) is 0 Å². The molecule has 0 spiro atoms. The van der Waals surface area contributed by atoms with E-state index in [1.165, 1.54) is 6.07 Å². The molecule has 0 radical (unpaired) electrons. The maximum atomic E-state index is 11.0. The molecule has 1 atom stereocenters. The number of nitrogens with zero attached hydrogens (tertiary/aromatic N) is 2. The zero-order valence-electron chi connectivity index (χ0n) is 10.5. The molecule has 0 aliphatic carbocycles. The lowest BCUT2D eigenvalue weighted by Crippen LogP contribution is -2.20. The van der Waals surface area contributed by atoms with Crippen molar-refractivity contribution in [3.05, 3.63) is 22.6 Å². The summed E-state index contributed by atoms with van der Waals surface area (Å²) in [6.45, 7) is 9.64. The Labute approximate surface area is 96.5 Å². The molecule has 0 aliphatic rings. The first kappa shape index (κ1) is 12.7. The maximum Gasteiger partial charge on any atom is 0.274 e. The molecule has 2 N–H and O–H groups in total. The third-order valence-electron chi connectivity index (χ3n) is 2.39. The van der Waals surface area contributed by atoms with Crippen LogP contribution in [-0.4, -0.2) is 9.55 Å². The molecule has 0 aromatic carbocycles. The van der Waals surface area contributed by atoms with E-state index in [0.29, 0.717) is 17.3 Å². The van der Waals surface area contributed by atoms with Crippen molar-refractivity contribution in [1.82, 2.24) is 9.55 Å². The number of hydrogen-bond donors (Lipinski definition) is 1. The monoisotopic (exact) mass is 223 g/mol. The number of rotatable bonds is 3. The highest BCUT2D eigenvalue weighted by Crippen LogP contribution is 2.25.